The molecule has 2 unspecified atom stereocenters. The van der Waals surface area contributed by atoms with Crippen molar-refractivity contribution in [3.63, 3.8) is 0 Å². The van der Waals surface area contributed by atoms with Gasteiger partial charge in [0.05, 0.1) is 13.7 Å². The number of methoxy groups -OCH3 is 1. The number of rotatable bonds is 5. The molecule has 1 aliphatic heterocycles. The second-order valence-electron chi connectivity index (χ2n) is 5.29. The lowest BCUT2D eigenvalue weighted by Crippen LogP contribution is -2.29. The van der Waals surface area contributed by atoms with Crippen molar-refractivity contribution in [1.29, 1.82) is 0 Å². The third-order valence-electron chi connectivity index (χ3n) is 4.11. The van der Waals surface area contributed by atoms with Crippen molar-refractivity contribution >= 4 is 0 Å². The predicted octanol–water partition coefficient (Wildman–Crippen LogP) is 3.00. The van der Waals surface area contributed by atoms with Crippen LogP contribution in [0.15, 0.2) is 12.1 Å². The third-order valence-corrected chi connectivity index (χ3v) is 4.11. The van der Waals surface area contributed by atoms with Crippen molar-refractivity contribution in [3.8, 4) is 5.75 Å². The van der Waals surface area contributed by atoms with E-state index in [0.717, 1.165) is 31.9 Å². The summed E-state index contributed by atoms with van der Waals surface area (Å²) in [4.78, 5) is 0. The Bertz CT molecular complexity index is 425. The van der Waals surface area contributed by atoms with E-state index < -0.39 is 0 Å². The van der Waals surface area contributed by atoms with Gasteiger partial charge in [-0.05, 0) is 37.9 Å². The first-order chi connectivity index (χ1) is 9.19. The largest absolute Gasteiger partial charge is 0.496 e. The van der Waals surface area contributed by atoms with Gasteiger partial charge >= 0.3 is 0 Å². The van der Waals surface area contributed by atoms with Crippen molar-refractivity contribution in [2.75, 3.05) is 26.9 Å². The Morgan fingerprint density at radius 3 is 2.79 bits per heavy atom. The number of nitrogens with one attached hydrogen (secondary N) is 1. The lowest BCUT2D eigenvalue weighted by molar-refractivity contribution is 0.176. The molecule has 1 aromatic carbocycles. The van der Waals surface area contributed by atoms with Crippen LogP contribution in [0.5, 0.6) is 5.75 Å². The average Bonchev–Trinajstić information content (AvgIpc) is 2.93. The Kier molecular flexibility index (Phi) is 4.83. The summed E-state index contributed by atoms with van der Waals surface area (Å²) in [5.41, 5.74) is 3.78. The van der Waals surface area contributed by atoms with Crippen molar-refractivity contribution in [1.82, 2.24) is 5.32 Å². The molecule has 0 saturated carbocycles. The van der Waals surface area contributed by atoms with Crippen LogP contribution in [0.2, 0.25) is 0 Å². The van der Waals surface area contributed by atoms with E-state index in [1.807, 2.05) is 0 Å². The van der Waals surface area contributed by atoms with Gasteiger partial charge in [0.15, 0.2) is 0 Å². The van der Waals surface area contributed by atoms with Gasteiger partial charge < -0.3 is 14.8 Å². The number of hydrogen-bond acceptors (Lipinski definition) is 3. The van der Waals surface area contributed by atoms with Crippen molar-refractivity contribution < 1.29 is 9.47 Å². The smallest absolute Gasteiger partial charge is 0.126 e. The van der Waals surface area contributed by atoms with Crippen LogP contribution < -0.4 is 10.1 Å². The third kappa shape index (κ3) is 2.93. The molecular weight excluding hydrogens is 238 g/mol. The summed E-state index contributed by atoms with van der Waals surface area (Å²) in [7, 11) is 1.76. The van der Waals surface area contributed by atoms with Gasteiger partial charge in [-0.3, -0.25) is 0 Å². The van der Waals surface area contributed by atoms with E-state index in [1.165, 1.54) is 16.7 Å². The normalized spacial score (nSPS) is 20.5. The maximum atomic E-state index is 5.66. The van der Waals surface area contributed by atoms with Crippen molar-refractivity contribution in [2.45, 2.75) is 33.2 Å². The molecule has 0 aromatic heterocycles. The second kappa shape index (κ2) is 6.40. The fourth-order valence-corrected chi connectivity index (χ4v) is 2.89. The van der Waals surface area contributed by atoms with E-state index in [1.54, 1.807) is 7.11 Å². The Hall–Kier alpha value is -1.06. The molecule has 106 valence electrons. The first-order valence-corrected chi connectivity index (χ1v) is 7.14. The van der Waals surface area contributed by atoms with Crippen LogP contribution in [-0.4, -0.2) is 26.9 Å². The summed E-state index contributed by atoms with van der Waals surface area (Å²) >= 11 is 0. The van der Waals surface area contributed by atoms with Gasteiger partial charge in [0, 0.05) is 24.1 Å². The SMILES string of the molecule is CCNC(c1ccc(C)c(C)c1OC)C1CCOC1. The first kappa shape index (κ1) is 14.4. The number of ether oxygens (including phenoxy) is 2. The highest BCUT2D eigenvalue weighted by Gasteiger charge is 2.29. The van der Waals surface area contributed by atoms with Crippen molar-refractivity contribution in [2.24, 2.45) is 5.92 Å². The molecule has 0 aliphatic carbocycles. The van der Waals surface area contributed by atoms with Crippen LogP contribution in [0.25, 0.3) is 0 Å². The van der Waals surface area contributed by atoms with E-state index in [-0.39, 0.29) is 0 Å². The zero-order chi connectivity index (χ0) is 13.8. The van der Waals surface area contributed by atoms with Gasteiger partial charge in [-0.25, -0.2) is 0 Å². The minimum atomic E-state index is 0.321. The van der Waals surface area contributed by atoms with E-state index in [2.05, 4.69) is 38.2 Å². The summed E-state index contributed by atoms with van der Waals surface area (Å²) < 4.78 is 11.2. The molecule has 1 fully saturated rings. The molecule has 1 aromatic rings. The average molecular weight is 263 g/mol. The van der Waals surface area contributed by atoms with Gasteiger partial charge in [0.2, 0.25) is 0 Å². The lowest BCUT2D eigenvalue weighted by atomic mass is 9.89. The van der Waals surface area contributed by atoms with E-state index >= 15 is 0 Å². The predicted molar refractivity (Wildman–Crippen MR) is 77.8 cm³/mol. The van der Waals surface area contributed by atoms with Crippen LogP contribution >= 0.6 is 0 Å². The van der Waals surface area contributed by atoms with Crippen molar-refractivity contribution in [3.05, 3.63) is 28.8 Å². The summed E-state index contributed by atoms with van der Waals surface area (Å²) in [5.74, 6) is 1.56. The van der Waals surface area contributed by atoms with Gasteiger partial charge in [-0.1, -0.05) is 19.1 Å². The number of benzene rings is 1. The highest BCUT2D eigenvalue weighted by atomic mass is 16.5. The fraction of sp³-hybridized carbons (Fsp3) is 0.625. The van der Waals surface area contributed by atoms with E-state index in [0.29, 0.717) is 12.0 Å². The molecule has 2 atom stereocenters. The fourth-order valence-electron chi connectivity index (χ4n) is 2.89. The maximum absolute atomic E-state index is 5.66. The molecule has 1 N–H and O–H groups in total. The highest BCUT2D eigenvalue weighted by molar-refractivity contribution is 5.47. The van der Waals surface area contributed by atoms with Crippen LogP contribution in [0.1, 0.15) is 36.1 Å². The molecule has 1 heterocycles. The van der Waals surface area contributed by atoms with E-state index in [9.17, 15) is 0 Å². The van der Waals surface area contributed by atoms with Gasteiger partial charge in [0.1, 0.15) is 5.75 Å². The molecule has 3 nitrogen and oxygen atoms in total. The molecule has 19 heavy (non-hydrogen) atoms. The van der Waals surface area contributed by atoms with Gasteiger partial charge in [0.25, 0.3) is 0 Å². The van der Waals surface area contributed by atoms with Gasteiger partial charge in [-0.15, -0.1) is 0 Å². The number of hydrogen-bond donors (Lipinski definition) is 1. The molecule has 0 bridgehead atoms. The molecule has 0 spiro atoms. The number of aryl methyl sites for hydroxylation is 1. The van der Waals surface area contributed by atoms with Crippen LogP contribution in [-0.2, 0) is 4.74 Å². The molecule has 1 aliphatic rings. The zero-order valence-corrected chi connectivity index (χ0v) is 12.5. The molecule has 0 amide bonds. The summed E-state index contributed by atoms with van der Waals surface area (Å²) in [6, 6.07) is 4.71. The Morgan fingerprint density at radius 2 is 2.21 bits per heavy atom. The molecule has 2 rings (SSSR count). The van der Waals surface area contributed by atoms with Gasteiger partial charge in [-0.2, -0.15) is 0 Å². The van der Waals surface area contributed by atoms with Crippen LogP contribution in [0.4, 0.5) is 0 Å². The minimum Gasteiger partial charge on any atom is -0.496 e. The summed E-state index contributed by atoms with van der Waals surface area (Å²) in [6.45, 7) is 9.08. The minimum absolute atomic E-state index is 0.321. The highest BCUT2D eigenvalue weighted by Crippen LogP contribution is 2.36. The Morgan fingerprint density at radius 1 is 1.42 bits per heavy atom. The summed E-state index contributed by atoms with van der Waals surface area (Å²) in [6.07, 6.45) is 1.12. The Balaban J connectivity index is 2.37. The monoisotopic (exact) mass is 263 g/mol. The second-order valence-corrected chi connectivity index (χ2v) is 5.29. The molecular formula is C16H25NO2. The van der Waals surface area contributed by atoms with Crippen LogP contribution in [0.3, 0.4) is 0 Å². The molecule has 0 radical (unpaired) electrons. The first-order valence-electron chi connectivity index (χ1n) is 7.14. The molecule has 1 saturated heterocycles. The standard InChI is InChI=1S/C16H25NO2/c1-5-17-15(13-8-9-19-10-13)14-7-6-11(2)12(3)16(14)18-4/h6-7,13,15,17H,5,8-10H2,1-4H3. The quantitative estimate of drug-likeness (QED) is 0.886. The summed E-state index contributed by atoms with van der Waals surface area (Å²) in [5, 5.41) is 3.60. The lowest BCUT2D eigenvalue weighted by Gasteiger charge is -2.26. The maximum Gasteiger partial charge on any atom is 0.126 e. The van der Waals surface area contributed by atoms with E-state index in [4.69, 9.17) is 9.47 Å². The topological polar surface area (TPSA) is 30.5 Å². The zero-order valence-electron chi connectivity index (χ0n) is 12.5. The molecule has 3 heteroatoms. The Labute approximate surface area is 116 Å². The van der Waals surface area contributed by atoms with Crippen LogP contribution in [0, 0.1) is 19.8 Å².